The highest BCUT2D eigenvalue weighted by Crippen LogP contribution is 2.27. The maximum atomic E-state index is 12.0. The SMILES string of the molecule is NC1CCC(CN2CCCn3nc(CNC(=O)C4CCC4)cc3C2)CC1. The largest absolute Gasteiger partial charge is 0.350 e. The summed E-state index contributed by atoms with van der Waals surface area (Å²) in [4.78, 5) is 14.6. The van der Waals surface area contributed by atoms with Crippen LogP contribution in [0.4, 0.5) is 0 Å². The third-order valence-electron chi connectivity index (χ3n) is 6.47. The number of nitrogens with one attached hydrogen (secondary N) is 1. The number of carbonyl (C=O) groups is 1. The summed E-state index contributed by atoms with van der Waals surface area (Å²) in [5.41, 5.74) is 8.34. The number of amides is 1. The third kappa shape index (κ3) is 4.29. The summed E-state index contributed by atoms with van der Waals surface area (Å²) in [5.74, 6) is 1.25. The summed E-state index contributed by atoms with van der Waals surface area (Å²) in [6.07, 6.45) is 9.35. The predicted octanol–water partition coefficient (Wildman–Crippen LogP) is 2.02. The van der Waals surface area contributed by atoms with Crippen molar-refractivity contribution >= 4 is 5.91 Å². The van der Waals surface area contributed by atoms with Gasteiger partial charge in [0, 0.05) is 38.1 Å². The van der Waals surface area contributed by atoms with Crippen molar-refractivity contribution in [3.05, 3.63) is 17.5 Å². The molecular formula is C20H33N5O. The molecule has 144 valence electrons. The zero-order valence-electron chi connectivity index (χ0n) is 15.8. The molecule has 0 bridgehead atoms. The Bertz CT molecular complexity index is 616. The molecular weight excluding hydrogens is 326 g/mol. The molecule has 4 rings (SSSR count). The molecule has 0 radical (unpaired) electrons. The summed E-state index contributed by atoms with van der Waals surface area (Å²) in [5, 5.41) is 7.80. The molecule has 6 nitrogen and oxygen atoms in total. The Hall–Kier alpha value is -1.40. The minimum absolute atomic E-state index is 0.205. The van der Waals surface area contributed by atoms with E-state index in [4.69, 9.17) is 10.8 Å². The molecule has 6 heteroatoms. The minimum Gasteiger partial charge on any atom is -0.350 e. The van der Waals surface area contributed by atoms with Gasteiger partial charge in [-0.25, -0.2) is 0 Å². The maximum absolute atomic E-state index is 12.0. The van der Waals surface area contributed by atoms with Crippen LogP contribution in [-0.4, -0.2) is 39.7 Å². The Morgan fingerprint density at radius 3 is 2.69 bits per heavy atom. The first-order valence-electron chi connectivity index (χ1n) is 10.5. The van der Waals surface area contributed by atoms with E-state index in [2.05, 4.69) is 21.0 Å². The van der Waals surface area contributed by atoms with Crippen LogP contribution >= 0.6 is 0 Å². The average molecular weight is 360 g/mol. The van der Waals surface area contributed by atoms with Crippen LogP contribution < -0.4 is 11.1 Å². The maximum Gasteiger partial charge on any atom is 0.223 e. The lowest BCUT2D eigenvalue weighted by Crippen LogP contribution is -2.34. The highest BCUT2D eigenvalue weighted by atomic mass is 16.1. The van der Waals surface area contributed by atoms with E-state index < -0.39 is 0 Å². The van der Waals surface area contributed by atoms with E-state index in [1.807, 2.05) is 0 Å². The average Bonchev–Trinajstić information content (AvgIpc) is 2.86. The molecule has 3 N–H and O–H groups in total. The first-order valence-corrected chi connectivity index (χ1v) is 10.5. The van der Waals surface area contributed by atoms with Gasteiger partial charge in [-0.3, -0.25) is 14.4 Å². The lowest BCUT2D eigenvalue weighted by atomic mass is 9.85. The van der Waals surface area contributed by atoms with Gasteiger partial charge in [-0.15, -0.1) is 0 Å². The molecule has 0 unspecified atom stereocenters. The van der Waals surface area contributed by atoms with Crippen LogP contribution in [0.1, 0.15) is 62.8 Å². The van der Waals surface area contributed by atoms with Gasteiger partial charge < -0.3 is 11.1 Å². The molecule has 1 amide bonds. The number of nitrogens with zero attached hydrogens (tertiary/aromatic N) is 3. The Labute approximate surface area is 156 Å². The van der Waals surface area contributed by atoms with E-state index in [0.717, 1.165) is 50.5 Å². The molecule has 0 atom stereocenters. The highest BCUT2D eigenvalue weighted by Gasteiger charge is 2.26. The van der Waals surface area contributed by atoms with Crippen molar-refractivity contribution in [2.24, 2.45) is 17.6 Å². The van der Waals surface area contributed by atoms with Gasteiger partial charge in [0.1, 0.15) is 0 Å². The van der Waals surface area contributed by atoms with Crippen molar-refractivity contribution in [2.45, 2.75) is 77.0 Å². The minimum atomic E-state index is 0.205. The normalized spacial score (nSPS) is 27.4. The van der Waals surface area contributed by atoms with Crippen LogP contribution in [0, 0.1) is 11.8 Å². The van der Waals surface area contributed by atoms with Crippen LogP contribution in [0.25, 0.3) is 0 Å². The highest BCUT2D eigenvalue weighted by molar-refractivity contribution is 5.79. The van der Waals surface area contributed by atoms with Gasteiger partial charge in [-0.1, -0.05) is 6.42 Å². The van der Waals surface area contributed by atoms with Crippen molar-refractivity contribution in [3.63, 3.8) is 0 Å². The Kier molecular flexibility index (Phi) is 5.60. The topological polar surface area (TPSA) is 76.2 Å². The zero-order valence-corrected chi connectivity index (χ0v) is 15.8. The fourth-order valence-corrected chi connectivity index (χ4v) is 4.56. The van der Waals surface area contributed by atoms with Gasteiger partial charge in [0.25, 0.3) is 0 Å². The molecule has 2 fully saturated rings. The van der Waals surface area contributed by atoms with Crippen molar-refractivity contribution < 1.29 is 4.79 Å². The second kappa shape index (κ2) is 8.09. The van der Waals surface area contributed by atoms with E-state index in [1.54, 1.807) is 0 Å². The standard InChI is InChI=1S/C20H33N5O/c21-17-7-5-15(6-8-17)13-24-9-2-10-25-19(14-24)11-18(23-25)12-22-20(26)16-3-1-4-16/h11,15-17H,1-10,12-14,21H2,(H,22,26). The van der Waals surface area contributed by atoms with Crippen LogP contribution in [0.5, 0.6) is 0 Å². The summed E-state index contributed by atoms with van der Waals surface area (Å²) in [7, 11) is 0. The number of aryl methyl sites for hydroxylation is 1. The van der Waals surface area contributed by atoms with E-state index in [-0.39, 0.29) is 11.8 Å². The van der Waals surface area contributed by atoms with E-state index in [0.29, 0.717) is 12.6 Å². The smallest absolute Gasteiger partial charge is 0.223 e. The number of nitrogens with two attached hydrogens (primary N) is 1. The number of carbonyl (C=O) groups excluding carboxylic acids is 1. The van der Waals surface area contributed by atoms with E-state index in [1.165, 1.54) is 44.3 Å². The first kappa shape index (κ1) is 18.0. The second-order valence-electron chi connectivity index (χ2n) is 8.57. The fraction of sp³-hybridized carbons (Fsp3) is 0.800. The molecule has 2 saturated carbocycles. The van der Waals surface area contributed by atoms with Gasteiger partial charge >= 0.3 is 0 Å². The molecule has 1 aliphatic heterocycles. The fourth-order valence-electron chi connectivity index (χ4n) is 4.56. The monoisotopic (exact) mass is 359 g/mol. The summed E-state index contributed by atoms with van der Waals surface area (Å²) in [6, 6.07) is 2.62. The third-order valence-corrected chi connectivity index (χ3v) is 6.47. The zero-order chi connectivity index (χ0) is 17.9. The van der Waals surface area contributed by atoms with Gasteiger partial charge in [-0.2, -0.15) is 5.10 Å². The number of aromatic nitrogens is 2. The van der Waals surface area contributed by atoms with Crippen LogP contribution in [-0.2, 0) is 24.4 Å². The van der Waals surface area contributed by atoms with Gasteiger partial charge in [0.2, 0.25) is 5.91 Å². The molecule has 26 heavy (non-hydrogen) atoms. The quantitative estimate of drug-likeness (QED) is 0.843. The molecule has 0 saturated heterocycles. The predicted molar refractivity (Wildman–Crippen MR) is 101 cm³/mol. The number of hydrogen-bond donors (Lipinski definition) is 2. The first-order chi connectivity index (χ1) is 12.7. The molecule has 0 spiro atoms. The molecule has 1 aromatic rings. The lowest BCUT2D eigenvalue weighted by molar-refractivity contribution is -0.127. The van der Waals surface area contributed by atoms with Crippen molar-refractivity contribution in [1.82, 2.24) is 20.0 Å². The van der Waals surface area contributed by atoms with Crippen molar-refractivity contribution in [2.75, 3.05) is 13.1 Å². The van der Waals surface area contributed by atoms with Gasteiger partial charge in [0.15, 0.2) is 0 Å². The Morgan fingerprint density at radius 1 is 1.15 bits per heavy atom. The lowest BCUT2D eigenvalue weighted by Gasteiger charge is -2.30. The van der Waals surface area contributed by atoms with Crippen molar-refractivity contribution in [3.8, 4) is 0 Å². The second-order valence-corrected chi connectivity index (χ2v) is 8.57. The van der Waals surface area contributed by atoms with Gasteiger partial charge in [0.05, 0.1) is 17.9 Å². The summed E-state index contributed by atoms with van der Waals surface area (Å²) < 4.78 is 2.15. The number of fused-ring (bicyclic) bond motifs is 1. The number of rotatable bonds is 5. The Balaban J connectivity index is 1.31. The van der Waals surface area contributed by atoms with E-state index >= 15 is 0 Å². The van der Waals surface area contributed by atoms with Crippen LogP contribution in [0.3, 0.4) is 0 Å². The molecule has 2 aliphatic carbocycles. The van der Waals surface area contributed by atoms with Gasteiger partial charge in [-0.05, 0) is 56.9 Å². The summed E-state index contributed by atoms with van der Waals surface area (Å²) >= 11 is 0. The molecule has 0 aromatic carbocycles. The molecule has 3 aliphatic rings. The molecule has 2 heterocycles. The Morgan fingerprint density at radius 2 is 1.96 bits per heavy atom. The van der Waals surface area contributed by atoms with Crippen LogP contribution in [0.15, 0.2) is 6.07 Å². The van der Waals surface area contributed by atoms with Crippen molar-refractivity contribution in [1.29, 1.82) is 0 Å². The number of hydrogen-bond acceptors (Lipinski definition) is 4. The molecule has 1 aromatic heterocycles. The van der Waals surface area contributed by atoms with Crippen LogP contribution in [0.2, 0.25) is 0 Å². The van der Waals surface area contributed by atoms with E-state index in [9.17, 15) is 4.79 Å². The summed E-state index contributed by atoms with van der Waals surface area (Å²) in [6.45, 7) is 4.87.